The van der Waals surface area contributed by atoms with Crippen LogP contribution in [0.15, 0.2) is 53.1 Å². The van der Waals surface area contributed by atoms with Crippen molar-refractivity contribution < 1.29 is 9.21 Å². The number of aryl methyl sites for hydroxylation is 2. The van der Waals surface area contributed by atoms with Crippen molar-refractivity contribution in [2.24, 2.45) is 7.05 Å². The van der Waals surface area contributed by atoms with E-state index in [1.807, 2.05) is 63.4 Å². The van der Waals surface area contributed by atoms with Gasteiger partial charge in [-0.2, -0.15) is 5.10 Å². The summed E-state index contributed by atoms with van der Waals surface area (Å²) in [6.07, 6.45) is 1.92. The zero-order valence-electron chi connectivity index (χ0n) is 14.1. The molecule has 24 heavy (non-hydrogen) atoms. The van der Waals surface area contributed by atoms with Gasteiger partial charge in [-0.25, -0.2) is 0 Å². The first-order chi connectivity index (χ1) is 11.6. The van der Waals surface area contributed by atoms with Gasteiger partial charge in [-0.15, -0.1) is 0 Å². The monoisotopic (exact) mass is 323 g/mol. The molecular weight excluding hydrogens is 302 g/mol. The summed E-state index contributed by atoms with van der Waals surface area (Å²) >= 11 is 0. The van der Waals surface area contributed by atoms with Gasteiger partial charge < -0.3 is 9.73 Å². The first-order valence-electron chi connectivity index (χ1n) is 7.93. The van der Waals surface area contributed by atoms with Gasteiger partial charge in [0.25, 0.3) is 0 Å². The number of hydrogen-bond acceptors (Lipinski definition) is 3. The Morgan fingerprint density at radius 2 is 1.96 bits per heavy atom. The molecule has 1 atom stereocenters. The molecule has 0 saturated carbocycles. The van der Waals surface area contributed by atoms with Crippen molar-refractivity contribution in [3.63, 3.8) is 0 Å². The topological polar surface area (TPSA) is 60.1 Å². The molecule has 0 aliphatic heterocycles. The quantitative estimate of drug-likeness (QED) is 0.785. The molecule has 5 nitrogen and oxygen atoms in total. The van der Waals surface area contributed by atoms with Crippen molar-refractivity contribution in [3.8, 4) is 0 Å². The first kappa shape index (κ1) is 16.1. The van der Waals surface area contributed by atoms with Gasteiger partial charge in [0.05, 0.1) is 18.4 Å². The van der Waals surface area contributed by atoms with E-state index in [0.29, 0.717) is 12.2 Å². The van der Waals surface area contributed by atoms with Crippen LogP contribution in [0.1, 0.15) is 34.3 Å². The van der Waals surface area contributed by atoms with E-state index in [0.717, 1.165) is 22.5 Å². The molecule has 3 aromatic rings. The minimum atomic E-state index is -0.300. The summed E-state index contributed by atoms with van der Waals surface area (Å²) < 4.78 is 7.33. The van der Waals surface area contributed by atoms with Gasteiger partial charge in [0.15, 0.2) is 0 Å². The zero-order chi connectivity index (χ0) is 17.1. The Morgan fingerprint density at radius 1 is 1.21 bits per heavy atom. The Hall–Kier alpha value is -2.82. The van der Waals surface area contributed by atoms with Gasteiger partial charge >= 0.3 is 0 Å². The Bertz CT molecular complexity index is 820. The van der Waals surface area contributed by atoms with Crippen molar-refractivity contribution in [1.29, 1.82) is 0 Å². The van der Waals surface area contributed by atoms with E-state index in [4.69, 9.17) is 4.42 Å². The summed E-state index contributed by atoms with van der Waals surface area (Å²) in [7, 11) is 1.89. The lowest BCUT2D eigenvalue weighted by Gasteiger charge is -2.17. The summed E-state index contributed by atoms with van der Waals surface area (Å²) in [4.78, 5) is 12.6. The van der Waals surface area contributed by atoms with Gasteiger partial charge in [0, 0.05) is 18.3 Å². The van der Waals surface area contributed by atoms with Crippen molar-refractivity contribution in [3.05, 3.63) is 77.0 Å². The highest BCUT2D eigenvalue weighted by atomic mass is 16.3. The molecule has 2 aromatic heterocycles. The smallest absolute Gasteiger partial charge is 0.225 e. The van der Waals surface area contributed by atoms with Crippen molar-refractivity contribution >= 4 is 5.91 Å². The Morgan fingerprint density at radius 3 is 2.54 bits per heavy atom. The van der Waals surface area contributed by atoms with Crippen LogP contribution in [-0.4, -0.2) is 15.7 Å². The number of rotatable bonds is 5. The number of amides is 1. The molecular formula is C19H21N3O2. The summed E-state index contributed by atoms with van der Waals surface area (Å²) in [6.45, 7) is 3.90. The summed E-state index contributed by atoms with van der Waals surface area (Å²) in [5.41, 5.74) is 3.86. The van der Waals surface area contributed by atoms with Crippen LogP contribution in [-0.2, 0) is 18.3 Å². The highest BCUT2D eigenvalue weighted by Gasteiger charge is 2.21. The Balaban J connectivity index is 1.82. The van der Waals surface area contributed by atoms with Crippen LogP contribution < -0.4 is 5.32 Å². The maximum atomic E-state index is 12.6. The number of furan rings is 1. The van der Waals surface area contributed by atoms with Crippen LogP contribution in [0.3, 0.4) is 0 Å². The molecule has 124 valence electrons. The van der Waals surface area contributed by atoms with E-state index in [2.05, 4.69) is 10.4 Å². The van der Waals surface area contributed by atoms with E-state index in [1.165, 1.54) is 0 Å². The van der Waals surface area contributed by atoms with Crippen LogP contribution in [0.2, 0.25) is 0 Å². The third-order valence-electron chi connectivity index (χ3n) is 4.26. The number of nitrogens with one attached hydrogen (secondary N) is 1. The molecule has 0 saturated heterocycles. The third-order valence-corrected chi connectivity index (χ3v) is 4.26. The van der Waals surface area contributed by atoms with Gasteiger partial charge in [-0.1, -0.05) is 30.3 Å². The van der Waals surface area contributed by atoms with Crippen LogP contribution in [0.4, 0.5) is 0 Å². The molecule has 0 bridgehead atoms. The fraction of sp³-hybridized carbons (Fsp3) is 0.263. The largest absolute Gasteiger partial charge is 0.467 e. The molecule has 0 fully saturated rings. The van der Waals surface area contributed by atoms with Gasteiger partial charge in [-0.3, -0.25) is 9.48 Å². The predicted octanol–water partition coefficient (Wildman–Crippen LogP) is 3.08. The fourth-order valence-corrected chi connectivity index (χ4v) is 2.87. The lowest BCUT2D eigenvalue weighted by molar-refractivity contribution is -0.121. The standard InChI is InChI=1S/C19H21N3O2/c1-13-16(14(2)22(3)21-13)12-18(23)20-19(17-10-7-11-24-17)15-8-5-4-6-9-15/h4-11,19H,12H2,1-3H3,(H,20,23). The summed E-state index contributed by atoms with van der Waals surface area (Å²) in [5.74, 6) is 0.661. The summed E-state index contributed by atoms with van der Waals surface area (Å²) in [6, 6.07) is 13.2. The third kappa shape index (κ3) is 3.25. The molecule has 2 heterocycles. The van der Waals surface area contributed by atoms with Gasteiger partial charge in [0.1, 0.15) is 11.8 Å². The van der Waals surface area contributed by atoms with Crippen LogP contribution in [0.25, 0.3) is 0 Å². The van der Waals surface area contributed by atoms with Crippen molar-refractivity contribution in [1.82, 2.24) is 15.1 Å². The van der Waals surface area contributed by atoms with Crippen molar-refractivity contribution in [2.75, 3.05) is 0 Å². The minimum Gasteiger partial charge on any atom is -0.467 e. The Kier molecular flexibility index (Phi) is 4.51. The zero-order valence-corrected chi connectivity index (χ0v) is 14.1. The molecule has 3 rings (SSSR count). The SMILES string of the molecule is Cc1nn(C)c(C)c1CC(=O)NC(c1ccccc1)c1ccco1. The summed E-state index contributed by atoms with van der Waals surface area (Å²) in [5, 5.41) is 7.45. The van der Waals surface area contributed by atoms with E-state index in [9.17, 15) is 4.79 Å². The second-order valence-corrected chi connectivity index (χ2v) is 5.88. The van der Waals surface area contributed by atoms with Crippen LogP contribution in [0.5, 0.6) is 0 Å². The molecule has 1 N–H and O–H groups in total. The molecule has 5 heteroatoms. The predicted molar refractivity (Wildman–Crippen MR) is 91.5 cm³/mol. The number of aromatic nitrogens is 2. The second-order valence-electron chi connectivity index (χ2n) is 5.88. The number of benzene rings is 1. The van der Waals surface area contributed by atoms with E-state index in [1.54, 1.807) is 10.9 Å². The van der Waals surface area contributed by atoms with Crippen LogP contribution >= 0.6 is 0 Å². The second kappa shape index (κ2) is 6.74. The molecule has 1 aromatic carbocycles. The highest BCUT2D eigenvalue weighted by Crippen LogP contribution is 2.23. The average Bonchev–Trinajstić information content (AvgIpc) is 3.18. The minimum absolute atomic E-state index is 0.0561. The molecule has 0 aliphatic carbocycles. The van der Waals surface area contributed by atoms with E-state index >= 15 is 0 Å². The van der Waals surface area contributed by atoms with E-state index < -0.39 is 0 Å². The molecule has 0 radical (unpaired) electrons. The number of carbonyl (C=O) groups excluding carboxylic acids is 1. The normalized spacial score (nSPS) is 12.1. The first-order valence-corrected chi connectivity index (χ1v) is 7.93. The number of hydrogen-bond donors (Lipinski definition) is 1. The maximum Gasteiger partial charge on any atom is 0.225 e. The Labute approximate surface area is 141 Å². The molecule has 1 amide bonds. The number of carbonyl (C=O) groups is 1. The lowest BCUT2D eigenvalue weighted by atomic mass is 10.0. The highest BCUT2D eigenvalue weighted by molar-refractivity contribution is 5.80. The van der Waals surface area contributed by atoms with E-state index in [-0.39, 0.29) is 11.9 Å². The fourth-order valence-electron chi connectivity index (χ4n) is 2.87. The molecule has 1 unspecified atom stereocenters. The molecule has 0 spiro atoms. The molecule has 0 aliphatic rings. The van der Waals surface area contributed by atoms with Crippen molar-refractivity contribution in [2.45, 2.75) is 26.3 Å². The van der Waals surface area contributed by atoms with Crippen LogP contribution in [0, 0.1) is 13.8 Å². The van der Waals surface area contributed by atoms with Gasteiger partial charge in [-0.05, 0) is 31.5 Å². The maximum absolute atomic E-state index is 12.6. The average molecular weight is 323 g/mol. The lowest BCUT2D eigenvalue weighted by Crippen LogP contribution is -2.30. The number of nitrogens with zero attached hydrogens (tertiary/aromatic N) is 2. The van der Waals surface area contributed by atoms with Gasteiger partial charge in [0.2, 0.25) is 5.91 Å².